The topological polar surface area (TPSA) is 86.2 Å². The molecule has 2 heterocycles. The molecule has 0 aliphatic carbocycles. The van der Waals surface area contributed by atoms with Gasteiger partial charge in [-0.15, -0.1) is 0 Å². The van der Waals surface area contributed by atoms with Crippen LogP contribution in [0.25, 0.3) is 27.8 Å². The number of rotatable bonds is 4. The first-order valence-corrected chi connectivity index (χ1v) is 9.40. The highest BCUT2D eigenvalue weighted by molar-refractivity contribution is 6.02. The minimum atomic E-state index is -0.586. The van der Waals surface area contributed by atoms with Gasteiger partial charge in [0.25, 0.3) is 0 Å². The maximum absolute atomic E-state index is 13.4. The van der Waals surface area contributed by atoms with Crippen molar-refractivity contribution in [1.29, 1.82) is 0 Å². The Morgan fingerprint density at radius 1 is 1.07 bits per heavy atom. The number of carbonyl (C=O) groups is 1. The van der Waals surface area contributed by atoms with Crippen molar-refractivity contribution in [2.75, 3.05) is 0 Å². The summed E-state index contributed by atoms with van der Waals surface area (Å²) in [6, 6.07) is 14.1. The molecule has 4 aromatic rings. The lowest BCUT2D eigenvalue weighted by atomic mass is 10.2. The fourth-order valence-corrected chi connectivity index (χ4v) is 3.43. The summed E-state index contributed by atoms with van der Waals surface area (Å²) in [4.78, 5) is 39.0. The van der Waals surface area contributed by atoms with Crippen molar-refractivity contribution in [1.82, 2.24) is 14.5 Å². The largest absolute Gasteiger partial charge is 0.449 e. The van der Waals surface area contributed by atoms with Crippen LogP contribution in [0.3, 0.4) is 0 Å². The number of nitrogens with zero attached hydrogens (tertiary/aromatic N) is 2. The van der Waals surface area contributed by atoms with Gasteiger partial charge in [-0.25, -0.2) is 9.36 Å². The maximum Gasteiger partial charge on any atom is 0.336 e. The predicted octanol–water partition coefficient (Wildman–Crippen LogP) is 2.73. The average molecular weight is 391 g/mol. The van der Waals surface area contributed by atoms with Crippen LogP contribution in [0.4, 0.5) is 0 Å². The van der Waals surface area contributed by atoms with Crippen LogP contribution < -0.4 is 16.6 Å². The van der Waals surface area contributed by atoms with Gasteiger partial charge in [0.15, 0.2) is 0 Å². The lowest BCUT2D eigenvalue weighted by Gasteiger charge is -2.13. The molecule has 0 aliphatic rings. The van der Waals surface area contributed by atoms with Crippen LogP contribution in [0.1, 0.15) is 19.4 Å². The van der Waals surface area contributed by atoms with E-state index in [-0.39, 0.29) is 24.1 Å². The van der Waals surface area contributed by atoms with E-state index in [1.54, 1.807) is 36.4 Å². The molecule has 0 bridgehead atoms. The zero-order chi connectivity index (χ0) is 20.7. The molecule has 0 spiro atoms. The number of aryl methyl sites for hydroxylation is 1. The van der Waals surface area contributed by atoms with E-state index < -0.39 is 11.2 Å². The zero-order valence-corrected chi connectivity index (χ0v) is 16.4. The Bertz CT molecular complexity index is 1340. The summed E-state index contributed by atoms with van der Waals surface area (Å²) < 4.78 is 8.16. The molecule has 0 radical (unpaired) electrons. The molecule has 2 aromatic carbocycles. The minimum Gasteiger partial charge on any atom is -0.449 e. The van der Waals surface area contributed by atoms with Crippen molar-refractivity contribution in [2.45, 2.75) is 33.4 Å². The fourth-order valence-electron chi connectivity index (χ4n) is 3.43. The molecule has 0 saturated heterocycles. The van der Waals surface area contributed by atoms with E-state index in [1.807, 2.05) is 32.9 Å². The van der Waals surface area contributed by atoms with Crippen molar-refractivity contribution in [2.24, 2.45) is 0 Å². The standard InChI is InChI=1S/C22H21N3O4/c1-13(2)23-18(26)12-24-19-16-6-4-5-7-17(16)29-20(19)21(27)25(22(24)28)15-10-8-14(3)9-11-15/h4-11,13H,12H2,1-3H3,(H,23,26). The third-order valence-corrected chi connectivity index (χ3v) is 4.70. The normalized spacial score (nSPS) is 11.4. The van der Waals surface area contributed by atoms with E-state index in [9.17, 15) is 14.4 Å². The van der Waals surface area contributed by atoms with E-state index in [2.05, 4.69) is 5.32 Å². The number of carbonyl (C=O) groups excluding carboxylic acids is 1. The molecule has 0 unspecified atom stereocenters. The number of aromatic nitrogens is 2. The van der Waals surface area contributed by atoms with Gasteiger partial charge in [0.1, 0.15) is 17.6 Å². The summed E-state index contributed by atoms with van der Waals surface area (Å²) in [5.74, 6) is -0.317. The van der Waals surface area contributed by atoms with Crippen LogP contribution in [-0.4, -0.2) is 21.1 Å². The van der Waals surface area contributed by atoms with Crippen molar-refractivity contribution in [3.63, 3.8) is 0 Å². The minimum absolute atomic E-state index is 0.0451. The summed E-state index contributed by atoms with van der Waals surface area (Å²) in [6.45, 7) is 5.39. The average Bonchev–Trinajstić information content (AvgIpc) is 3.06. The second-order valence-corrected chi connectivity index (χ2v) is 7.34. The predicted molar refractivity (Wildman–Crippen MR) is 112 cm³/mol. The van der Waals surface area contributed by atoms with E-state index in [1.165, 1.54) is 4.57 Å². The lowest BCUT2D eigenvalue weighted by Crippen LogP contribution is -2.42. The van der Waals surface area contributed by atoms with Crippen molar-refractivity contribution >= 4 is 28.0 Å². The molecule has 0 saturated carbocycles. The van der Waals surface area contributed by atoms with E-state index in [0.717, 1.165) is 10.1 Å². The van der Waals surface area contributed by atoms with Crippen molar-refractivity contribution < 1.29 is 9.21 Å². The Hall–Kier alpha value is -3.61. The molecule has 4 rings (SSSR count). The van der Waals surface area contributed by atoms with Gasteiger partial charge in [0, 0.05) is 11.4 Å². The quantitative estimate of drug-likeness (QED) is 0.580. The highest BCUT2D eigenvalue weighted by atomic mass is 16.3. The Balaban J connectivity index is 2.06. The van der Waals surface area contributed by atoms with Crippen molar-refractivity contribution in [3.05, 3.63) is 74.9 Å². The van der Waals surface area contributed by atoms with Gasteiger partial charge in [-0.05, 0) is 45.0 Å². The first-order chi connectivity index (χ1) is 13.9. The highest BCUT2D eigenvalue weighted by Gasteiger charge is 2.22. The Morgan fingerprint density at radius 3 is 2.45 bits per heavy atom. The third kappa shape index (κ3) is 3.24. The van der Waals surface area contributed by atoms with Gasteiger partial charge >= 0.3 is 11.2 Å². The van der Waals surface area contributed by atoms with Gasteiger partial charge in [0.05, 0.1) is 5.69 Å². The van der Waals surface area contributed by atoms with Crippen LogP contribution in [-0.2, 0) is 11.3 Å². The number of furan rings is 1. The molecular weight excluding hydrogens is 370 g/mol. The van der Waals surface area contributed by atoms with Gasteiger partial charge in [-0.1, -0.05) is 29.8 Å². The van der Waals surface area contributed by atoms with E-state index in [4.69, 9.17) is 4.42 Å². The molecule has 7 nitrogen and oxygen atoms in total. The Kier molecular flexibility index (Phi) is 4.58. The van der Waals surface area contributed by atoms with Crippen LogP contribution in [0.2, 0.25) is 0 Å². The first kappa shape index (κ1) is 18.7. The third-order valence-electron chi connectivity index (χ3n) is 4.70. The van der Waals surface area contributed by atoms with Crippen LogP contribution in [0, 0.1) is 6.92 Å². The van der Waals surface area contributed by atoms with Crippen LogP contribution in [0.5, 0.6) is 0 Å². The van der Waals surface area contributed by atoms with Gasteiger partial charge in [0.2, 0.25) is 11.5 Å². The smallest absolute Gasteiger partial charge is 0.336 e. The number of hydrogen-bond acceptors (Lipinski definition) is 4. The molecule has 0 aliphatic heterocycles. The fraction of sp³-hybridized carbons (Fsp3) is 0.227. The van der Waals surface area contributed by atoms with E-state index >= 15 is 0 Å². The summed E-state index contributed by atoms with van der Waals surface area (Å²) in [5.41, 5.74) is 1.15. The van der Waals surface area contributed by atoms with Crippen molar-refractivity contribution in [3.8, 4) is 5.69 Å². The summed E-state index contributed by atoms with van der Waals surface area (Å²) in [5, 5.41) is 3.40. The van der Waals surface area contributed by atoms with Gasteiger partial charge in [-0.2, -0.15) is 0 Å². The monoisotopic (exact) mass is 391 g/mol. The lowest BCUT2D eigenvalue weighted by molar-refractivity contribution is -0.122. The number of fused-ring (bicyclic) bond motifs is 3. The van der Waals surface area contributed by atoms with Gasteiger partial charge in [-0.3, -0.25) is 14.2 Å². The number of hydrogen-bond donors (Lipinski definition) is 1. The number of amides is 1. The molecule has 1 N–H and O–H groups in total. The molecule has 2 aromatic heterocycles. The SMILES string of the molecule is Cc1ccc(-n2c(=O)c3oc4ccccc4c3n(CC(=O)NC(C)C)c2=O)cc1. The molecule has 29 heavy (non-hydrogen) atoms. The van der Waals surface area contributed by atoms with Crippen LogP contribution in [0.15, 0.2) is 62.5 Å². The summed E-state index contributed by atoms with van der Waals surface area (Å²) in [6.07, 6.45) is 0. The van der Waals surface area contributed by atoms with E-state index in [0.29, 0.717) is 22.2 Å². The first-order valence-electron chi connectivity index (χ1n) is 9.40. The second kappa shape index (κ2) is 7.09. The molecule has 1 amide bonds. The summed E-state index contributed by atoms with van der Waals surface area (Å²) >= 11 is 0. The maximum atomic E-state index is 13.4. The summed E-state index contributed by atoms with van der Waals surface area (Å²) in [7, 11) is 0. The molecule has 148 valence electrons. The van der Waals surface area contributed by atoms with Gasteiger partial charge < -0.3 is 9.73 Å². The molecular formula is C22H21N3O4. The Morgan fingerprint density at radius 2 is 1.76 bits per heavy atom. The molecule has 0 fully saturated rings. The highest BCUT2D eigenvalue weighted by Crippen LogP contribution is 2.25. The molecule has 0 atom stereocenters. The number of nitrogens with one attached hydrogen (secondary N) is 1. The second-order valence-electron chi connectivity index (χ2n) is 7.34. The zero-order valence-electron chi connectivity index (χ0n) is 16.4. The number of para-hydroxylation sites is 1. The number of benzene rings is 2. The Labute approximate surface area is 166 Å². The van der Waals surface area contributed by atoms with Crippen LogP contribution >= 0.6 is 0 Å². The molecule has 7 heteroatoms.